The highest BCUT2D eigenvalue weighted by molar-refractivity contribution is 9.10. The number of hydrogen-bond donors (Lipinski definition) is 1. The van der Waals surface area contributed by atoms with Gasteiger partial charge in [-0.2, -0.15) is 0 Å². The molecule has 1 atom stereocenters. The summed E-state index contributed by atoms with van der Waals surface area (Å²) >= 11 is 5.31. The van der Waals surface area contributed by atoms with Crippen molar-refractivity contribution in [3.05, 3.63) is 63.9 Å². The van der Waals surface area contributed by atoms with Crippen molar-refractivity contribution in [3.63, 3.8) is 0 Å². The van der Waals surface area contributed by atoms with Crippen molar-refractivity contribution in [2.75, 3.05) is 12.8 Å². The van der Waals surface area contributed by atoms with E-state index in [1.807, 2.05) is 18.8 Å². The topological polar surface area (TPSA) is 12.0 Å². The summed E-state index contributed by atoms with van der Waals surface area (Å²) in [5, 5.41) is 3.31. The van der Waals surface area contributed by atoms with Gasteiger partial charge < -0.3 is 5.32 Å². The molecule has 0 radical (unpaired) electrons. The molecule has 112 valence electrons. The van der Waals surface area contributed by atoms with Crippen LogP contribution >= 0.6 is 27.7 Å². The summed E-state index contributed by atoms with van der Waals surface area (Å²) in [7, 11) is 1.95. The van der Waals surface area contributed by atoms with Crippen LogP contribution in [-0.2, 0) is 6.42 Å². The first-order valence-corrected chi connectivity index (χ1v) is 8.67. The molecule has 2 rings (SSSR count). The first-order valence-electron chi connectivity index (χ1n) is 6.89. The van der Waals surface area contributed by atoms with Gasteiger partial charge in [0.1, 0.15) is 5.82 Å². The summed E-state index contributed by atoms with van der Waals surface area (Å²) < 4.78 is 14.3. The number of rotatable bonds is 6. The molecule has 0 heterocycles. The van der Waals surface area contributed by atoms with Gasteiger partial charge >= 0.3 is 0 Å². The summed E-state index contributed by atoms with van der Waals surface area (Å²) in [6.07, 6.45) is 0.799. The second kappa shape index (κ2) is 7.97. The van der Waals surface area contributed by atoms with E-state index in [-0.39, 0.29) is 5.82 Å². The zero-order chi connectivity index (χ0) is 15.2. The zero-order valence-corrected chi connectivity index (χ0v) is 14.6. The van der Waals surface area contributed by atoms with Crippen molar-refractivity contribution in [2.45, 2.75) is 24.3 Å². The molecule has 1 N–H and O–H groups in total. The summed E-state index contributed by atoms with van der Waals surface area (Å²) in [6, 6.07) is 13.7. The lowest BCUT2D eigenvalue weighted by Gasteiger charge is -2.17. The Hall–Kier alpha value is -0.840. The van der Waals surface area contributed by atoms with Crippen LogP contribution < -0.4 is 5.32 Å². The Balaban J connectivity index is 1.96. The maximum Gasteiger partial charge on any atom is 0.123 e. The van der Waals surface area contributed by atoms with Gasteiger partial charge in [-0.1, -0.05) is 33.6 Å². The number of thioether (sulfide) groups is 1. The van der Waals surface area contributed by atoms with E-state index in [9.17, 15) is 4.39 Å². The van der Waals surface area contributed by atoms with Crippen LogP contribution in [-0.4, -0.2) is 18.8 Å². The van der Waals surface area contributed by atoms with Gasteiger partial charge in [0.2, 0.25) is 0 Å². The molecule has 0 aliphatic carbocycles. The van der Waals surface area contributed by atoms with Crippen molar-refractivity contribution in [1.82, 2.24) is 5.32 Å². The van der Waals surface area contributed by atoms with Crippen molar-refractivity contribution < 1.29 is 4.39 Å². The van der Waals surface area contributed by atoms with E-state index in [0.29, 0.717) is 6.04 Å². The van der Waals surface area contributed by atoms with E-state index < -0.39 is 0 Å². The van der Waals surface area contributed by atoms with E-state index in [1.165, 1.54) is 16.5 Å². The predicted molar refractivity (Wildman–Crippen MR) is 92.6 cm³/mol. The van der Waals surface area contributed by atoms with Gasteiger partial charge in [0.05, 0.1) is 0 Å². The van der Waals surface area contributed by atoms with Gasteiger partial charge in [-0.05, 0) is 56.3 Å². The third kappa shape index (κ3) is 5.13. The second-order valence-corrected chi connectivity index (χ2v) is 7.00. The third-order valence-corrected chi connectivity index (χ3v) is 5.30. The maximum absolute atomic E-state index is 13.3. The van der Waals surface area contributed by atoms with Crippen LogP contribution in [0, 0.1) is 12.7 Å². The molecule has 0 bridgehead atoms. The van der Waals surface area contributed by atoms with Crippen molar-refractivity contribution in [1.29, 1.82) is 0 Å². The normalized spacial score (nSPS) is 12.4. The van der Waals surface area contributed by atoms with Crippen LogP contribution in [0.3, 0.4) is 0 Å². The lowest BCUT2D eigenvalue weighted by atomic mass is 10.1. The summed E-state index contributed by atoms with van der Waals surface area (Å²) in [6.45, 7) is 2.09. The summed E-state index contributed by atoms with van der Waals surface area (Å²) in [4.78, 5) is 1.26. The van der Waals surface area contributed by atoms with E-state index >= 15 is 0 Å². The van der Waals surface area contributed by atoms with E-state index in [0.717, 1.165) is 22.2 Å². The number of aryl methyl sites for hydroxylation is 1. The molecule has 0 spiro atoms. The first kappa shape index (κ1) is 16.5. The van der Waals surface area contributed by atoms with Crippen LogP contribution in [0.25, 0.3) is 0 Å². The average molecular weight is 368 g/mol. The molecule has 0 aliphatic heterocycles. The van der Waals surface area contributed by atoms with Gasteiger partial charge in [-0.3, -0.25) is 0 Å². The highest BCUT2D eigenvalue weighted by atomic mass is 79.9. The number of nitrogens with one attached hydrogen (secondary N) is 1. The van der Waals surface area contributed by atoms with E-state index in [4.69, 9.17) is 0 Å². The maximum atomic E-state index is 13.3. The molecule has 0 aromatic heterocycles. The fraction of sp³-hybridized carbons (Fsp3) is 0.294. The Morgan fingerprint density at radius 1 is 1.19 bits per heavy atom. The minimum absolute atomic E-state index is 0.186. The molecule has 0 aliphatic rings. The van der Waals surface area contributed by atoms with E-state index in [1.54, 1.807) is 12.1 Å². The molecule has 4 heteroatoms. The third-order valence-electron chi connectivity index (χ3n) is 3.35. The molecule has 0 amide bonds. The Labute approximate surface area is 138 Å². The Bertz CT molecular complexity index is 586. The van der Waals surface area contributed by atoms with Crippen LogP contribution in [0.1, 0.15) is 11.1 Å². The summed E-state index contributed by atoms with van der Waals surface area (Å²) in [5.41, 5.74) is 2.27. The molecule has 0 fully saturated rings. The largest absolute Gasteiger partial charge is 0.316 e. The average Bonchev–Trinajstić information content (AvgIpc) is 2.48. The van der Waals surface area contributed by atoms with Crippen LogP contribution in [0.4, 0.5) is 4.39 Å². The van der Waals surface area contributed by atoms with Gasteiger partial charge in [0, 0.05) is 21.2 Å². The van der Waals surface area contributed by atoms with Crippen molar-refractivity contribution in [3.8, 4) is 0 Å². The first-order chi connectivity index (χ1) is 10.1. The van der Waals surface area contributed by atoms with Crippen molar-refractivity contribution in [2.24, 2.45) is 0 Å². The van der Waals surface area contributed by atoms with E-state index in [2.05, 4.69) is 52.4 Å². The smallest absolute Gasteiger partial charge is 0.123 e. The molecule has 21 heavy (non-hydrogen) atoms. The monoisotopic (exact) mass is 367 g/mol. The Morgan fingerprint density at radius 2 is 1.90 bits per heavy atom. The molecule has 1 nitrogen and oxygen atoms in total. The molecular weight excluding hydrogens is 349 g/mol. The minimum atomic E-state index is -0.186. The second-order valence-electron chi connectivity index (χ2n) is 5.05. The predicted octanol–water partition coefficient (Wildman–Crippen LogP) is 4.82. The lowest BCUT2D eigenvalue weighted by Crippen LogP contribution is -2.30. The molecule has 0 saturated carbocycles. The molecule has 1 unspecified atom stereocenters. The quantitative estimate of drug-likeness (QED) is 0.734. The Morgan fingerprint density at radius 3 is 2.57 bits per heavy atom. The lowest BCUT2D eigenvalue weighted by molar-refractivity contribution is 0.601. The molecule has 0 saturated heterocycles. The number of hydrogen-bond acceptors (Lipinski definition) is 2. The summed E-state index contributed by atoms with van der Waals surface area (Å²) in [5.74, 6) is 0.761. The molecular formula is C17H19BrFNS. The Kier molecular flexibility index (Phi) is 6.27. The van der Waals surface area contributed by atoms with Crippen LogP contribution in [0.15, 0.2) is 51.8 Å². The molecule has 2 aromatic rings. The highest BCUT2D eigenvalue weighted by Crippen LogP contribution is 2.23. The van der Waals surface area contributed by atoms with Crippen LogP contribution in [0.5, 0.6) is 0 Å². The minimum Gasteiger partial charge on any atom is -0.316 e. The van der Waals surface area contributed by atoms with Crippen LogP contribution in [0.2, 0.25) is 0 Å². The fourth-order valence-electron chi connectivity index (χ4n) is 2.04. The number of likely N-dealkylation sites (N-methyl/N-ethyl adjacent to an activating group) is 1. The zero-order valence-electron chi connectivity index (χ0n) is 12.2. The fourth-order valence-corrected chi connectivity index (χ4v) is 3.46. The van der Waals surface area contributed by atoms with Gasteiger partial charge in [0.25, 0.3) is 0 Å². The standard InChI is InChI=1S/C17H19BrFNS/c1-12-3-6-16(7-4-12)21-11-15(20-2)10-13-9-14(19)5-8-17(13)18/h3-9,15,20H,10-11H2,1-2H3. The SMILES string of the molecule is CNC(CSc1ccc(C)cc1)Cc1cc(F)ccc1Br. The van der Waals surface area contributed by atoms with Gasteiger partial charge in [0.15, 0.2) is 0 Å². The van der Waals surface area contributed by atoms with Gasteiger partial charge in [-0.15, -0.1) is 11.8 Å². The highest BCUT2D eigenvalue weighted by Gasteiger charge is 2.11. The number of halogens is 2. The molecule has 2 aromatic carbocycles. The number of benzene rings is 2. The van der Waals surface area contributed by atoms with Gasteiger partial charge in [-0.25, -0.2) is 4.39 Å². The van der Waals surface area contributed by atoms with Crippen molar-refractivity contribution >= 4 is 27.7 Å².